The molecule has 0 aliphatic carbocycles. The molecule has 0 bridgehead atoms. The van der Waals surface area contributed by atoms with Crippen LogP contribution in [0.4, 0.5) is 5.13 Å². The number of anilines is 1. The van der Waals surface area contributed by atoms with Crippen molar-refractivity contribution in [2.75, 3.05) is 24.6 Å². The second-order valence-electron chi connectivity index (χ2n) is 6.09. The molecule has 0 spiro atoms. The quantitative estimate of drug-likeness (QED) is 0.727. The molecular formula is C16H24N6O3S. The molecule has 0 unspecified atom stereocenters. The van der Waals surface area contributed by atoms with Crippen LogP contribution in [0.2, 0.25) is 0 Å². The van der Waals surface area contributed by atoms with Crippen molar-refractivity contribution in [3.8, 4) is 0 Å². The topological polar surface area (TPSA) is 119 Å². The summed E-state index contributed by atoms with van der Waals surface area (Å²) in [4.78, 5) is 18.2. The summed E-state index contributed by atoms with van der Waals surface area (Å²) in [5.74, 6) is -0.248. The smallest absolute Gasteiger partial charge is 0.284 e. The number of imidazole rings is 1. The number of ether oxygens (including phenoxy) is 1. The molecule has 2 atom stereocenters. The van der Waals surface area contributed by atoms with Gasteiger partial charge < -0.3 is 25.0 Å². The van der Waals surface area contributed by atoms with E-state index in [9.17, 15) is 9.90 Å². The largest absolute Gasteiger partial charge is 0.389 e. The van der Waals surface area contributed by atoms with Crippen molar-refractivity contribution >= 4 is 22.4 Å². The van der Waals surface area contributed by atoms with Gasteiger partial charge in [-0.1, -0.05) is 18.3 Å². The highest BCUT2D eigenvalue weighted by Crippen LogP contribution is 2.32. The zero-order valence-electron chi connectivity index (χ0n) is 15.0. The summed E-state index contributed by atoms with van der Waals surface area (Å²) in [6, 6.07) is -0.0172. The lowest BCUT2D eigenvalue weighted by Gasteiger charge is -2.39. The number of carbonyl (C=O) groups is 1. The van der Waals surface area contributed by atoms with Gasteiger partial charge in [0.1, 0.15) is 5.01 Å². The fourth-order valence-electron chi connectivity index (χ4n) is 3.40. The summed E-state index contributed by atoms with van der Waals surface area (Å²) < 4.78 is 7.95. The summed E-state index contributed by atoms with van der Waals surface area (Å²) in [5, 5.41) is 18.7. The molecule has 1 amide bonds. The SMILES string of the molecule is CCO[C@H]1CN(c2nnc(CO)s2)CC[C@H]1n1c(CC)cnc1C(N)=O. The van der Waals surface area contributed by atoms with E-state index in [1.165, 1.54) is 11.3 Å². The lowest BCUT2D eigenvalue weighted by Crippen LogP contribution is -2.47. The number of piperidine rings is 1. The second kappa shape index (κ2) is 8.11. The van der Waals surface area contributed by atoms with E-state index < -0.39 is 5.91 Å². The molecule has 3 heterocycles. The molecule has 3 N–H and O–H groups in total. The van der Waals surface area contributed by atoms with Crippen LogP contribution in [0.25, 0.3) is 0 Å². The summed E-state index contributed by atoms with van der Waals surface area (Å²) >= 11 is 1.38. The normalized spacial score (nSPS) is 20.5. The van der Waals surface area contributed by atoms with Crippen LogP contribution < -0.4 is 10.6 Å². The van der Waals surface area contributed by atoms with Crippen molar-refractivity contribution in [2.45, 2.75) is 45.4 Å². The number of aromatic nitrogens is 4. The second-order valence-corrected chi connectivity index (χ2v) is 7.13. The standard InChI is InChI=1S/C16H24N6O3S/c1-3-10-7-18-15(14(17)24)22(10)11-5-6-21(8-12(11)25-4-2)16-20-19-13(9-23)26-16/h7,11-12,23H,3-6,8-9H2,1-2H3,(H2,17,24)/t11-,12+/m1/s1. The van der Waals surface area contributed by atoms with Gasteiger partial charge in [-0.25, -0.2) is 4.98 Å². The van der Waals surface area contributed by atoms with Gasteiger partial charge >= 0.3 is 0 Å². The number of nitrogens with zero attached hydrogens (tertiary/aromatic N) is 5. The minimum atomic E-state index is -0.529. The number of aliphatic hydroxyl groups is 1. The lowest BCUT2D eigenvalue weighted by molar-refractivity contribution is 0.0156. The number of amides is 1. The first kappa shape index (κ1) is 18.7. The van der Waals surface area contributed by atoms with E-state index in [1.807, 2.05) is 18.4 Å². The molecule has 1 aliphatic heterocycles. The Bertz CT molecular complexity index is 761. The van der Waals surface area contributed by atoms with Crippen molar-refractivity contribution in [2.24, 2.45) is 5.73 Å². The molecule has 3 rings (SSSR count). The number of aryl methyl sites for hydroxylation is 1. The van der Waals surface area contributed by atoms with E-state index in [1.54, 1.807) is 6.20 Å². The Morgan fingerprint density at radius 1 is 1.46 bits per heavy atom. The number of primary amides is 1. The Morgan fingerprint density at radius 3 is 2.88 bits per heavy atom. The van der Waals surface area contributed by atoms with Crippen LogP contribution in [0.5, 0.6) is 0 Å². The molecular weight excluding hydrogens is 356 g/mol. The fourth-order valence-corrected chi connectivity index (χ4v) is 4.13. The van der Waals surface area contributed by atoms with Gasteiger partial charge in [0.05, 0.1) is 18.8 Å². The van der Waals surface area contributed by atoms with Gasteiger partial charge in [-0.2, -0.15) is 0 Å². The van der Waals surface area contributed by atoms with Crippen molar-refractivity contribution in [1.82, 2.24) is 19.7 Å². The minimum Gasteiger partial charge on any atom is -0.389 e. The van der Waals surface area contributed by atoms with Crippen LogP contribution >= 0.6 is 11.3 Å². The lowest BCUT2D eigenvalue weighted by atomic mass is 10.0. The zero-order chi connectivity index (χ0) is 18.7. The Kier molecular flexibility index (Phi) is 5.84. The van der Waals surface area contributed by atoms with Crippen molar-refractivity contribution in [1.29, 1.82) is 0 Å². The third kappa shape index (κ3) is 3.57. The molecule has 0 aromatic carbocycles. The van der Waals surface area contributed by atoms with E-state index in [0.717, 1.165) is 30.2 Å². The predicted molar refractivity (Wildman–Crippen MR) is 97.2 cm³/mol. The van der Waals surface area contributed by atoms with Crippen LogP contribution in [0.3, 0.4) is 0 Å². The summed E-state index contributed by atoms with van der Waals surface area (Å²) in [5.41, 5.74) is 6.50. The van der Waals surface area contributed by atoms with Crippen LogP contribution in [-0.2, 0) is 17.8 Å². The highest BCUT2D eigenvalue weighted by Gasteiger charge is 2.35. The van der Waals surface area contributed by atoms with Gasteiger partial charge in [0.15, 0.2) is 5.82 Å². The monoisotopic (exact) mass is 380 g/mol. The highest BCUT2D eigenvalue weighted by molar-refractivity contribution is 7.15. The van der Waals surface area contributed by atoms with E-state index in [2.05, 4.69) is 20.1 Å². The number of nitrogens with two attached hydrogens (primary N) is 1. The Labute approximate surface area is 155 Å². The predicted octanol–water partition coefficient (Wildman–Crippen LogP) is 0.745. The average Bonchev–Trinajstić information content (AvgIpc) is 3.28. The maximum Gasteiger partial charge on any atom is 0.284 e. The molecule has 10 heteroatoms. The summed E-state index contributed by atoms with van der Waals surface area (Å²) in [7, 11) is 0. The molecule has 0 radical (unpaired) electrons. The third-order valence-corrected chi connectivity index (χ3v) is 5.52. The zero-order valence-corrected chi connectivity index (χ0v) is 15.8. The highest BCUT2D eigenvalue weighted by atomic mass is 32.1. The first-order valence-corrected chi connectivity index (χ1v) is 9.56. The van der Waals surface area contributed by atoms with Gasteiger partial charge in [0.2, 0.25) is 5.13 Å². The number of rotatable bonds is 7. The Balaban J connectivity index is 1.87. The molecule has 26 heavy (non-hydrogen) atoms. The van der Waals surface area contributed by atoms with Gasteiger partial charge in [-0.05, 0) is 19.8 Å². The Morgan fingerprint density at radius 2 is 2.27 bits per heavy atom. The van der Waals surface area contributed by atoms with Gasteiger partial charge in [0, 0.05) is 31.6 Å². The molecule has 0 saturated carbocycles. The molecule has 9 nitrogen and oxygen atoms in total. The summed E-state index contributed by atoms with van der Waals surface area (Å²) in [6.45, 7) is 5.80. The minimum absolute atomic E-state index is 0.0172. The first-order valence-electron chi connectivity index (χ1n) is 8.74. The number of hydrogen-bond donors (Lipinski definition) is 2. The van der Waals surface area contributed by atoms with Crippen molar-refractivity contribution in [3.63, 3.8) is 0 Å². The van der Waals surface area contributed by atoms with Gasteiger partial charge in [-0.15, -0.1) is 10.2 Å². The van der Waals surface area contributed by atoms with E-state index >= 15 is 0 Å². The molecule has 142 valence electrons. The van der Waals surface area contributed by atoms with E-state index in [0.29, 0.717) is 18.2 Å². The van der Waals surface area contributed by atoms with Gasteiger partial charge in [0.25, 0.3) is 5.91 Å². The first-order chi connectivity index (χ1) is 12.6. The third-order valence-electron chi connectivity index (χ3n) is 4.55. The maximum absolute atomic E-state index is 11.8. The van der Waals surface area contributed by atoms with E-state index in [-0.39, 0.29) is 24.6 Å². The number of hydrogen-bond acceptors (Lipinski definition) is 8. The molecule has 1 fully saturated rings. The maximum atomic E-state index is 11.8. The molecule has 2 aromatic heterocycles. The molecule has 2 aromatic rings. The molecule has 1 aliphatic rings. The number of aliphatic hydroxyl groups excluding tert-OH is 1. The van der Waals surface area contributed by atoms with Crippen LogP contribution in [0.15, 0.2) is 6.20 Å². The van der Waals surface area contributed by atoms with Crippen LogP contribution in [0.1, 0.15) is 47.6 Å². The van der Waals surface area contributed by atoms with E-state index in [4.69, 9.17) is 10.5 Å². The fraction of sp³-hybridized carbons (Fsp3) is 0.625. The van der Waals surface area contributed by atoms with Gasteiger partial charge in [-0.3, -0.25) is 4.79 Å². The molecule has 1 saturated heterocycles. The van der Waals surface area contributed by atoms with Crippen LogP contribution in [-0.4, -0.2) is 56.6 Å². The van der Waals surface area contributed by atoms with Crippen molar-refractivity contribution < 1.29 is 14.6 Å². The summed E-state index contributed by atoms with van der Waals surface area (Å²) in [6.07, 6.45) is 3.11. The van der Waals surface area contributed by atoms with Crippen molar-refractivity contribution in [3.05, 3.63) is 22.7 Å². The average molecular weight is 380 g/mol. The number of carbonyl (C=O) groups excluding carboxylic acids is 1. The Hall–Kier alpha value is -2.04. The van der Waals surface area contributed by atoms with Crippen LogP contribution in [0, 0.1) is 0 Å².